The first-order valence-corrected chi connectivity index (χ1v) is 14.0. The Morgan fingerprint density at radius 2 is 1.78 bits per heavy atom. The quantitative estimate of drug-likeness (QED) is 0.224. The fraction of sp³-hybridized carbons (Fsp3) is 0.333. The average Bonchev–Trinajstić information content (AvgIpc) is 3.35. The van der Waals surface area contributed by atoms with Crippen molar-refractivity contribution in [2.24, 2.45) is 0 Å². The molecular formula is C24H27BrClFN4O4S. The molecule has 3 N–H and O–H groups in total. The first-order valence-electron chi connectivity index (χ1n) is 11.3. The number of aromatic nitrogens is 2. The van der Waals surface area contributed by atoms with Gasteiger partial charge in [0.15, 0.2) is 0 Å². The van der Waals surface area contributed by atoms with Crippen molar-refractivity contribution in [3.63, 3.8) is 0 Å². The van der Waals surface area contributed by atoms with Crippen molar-refractivity contribution < 1.29 is 22.3 Å². The summed E-state index contributed by atoms with van der Waals surface area (Å²) in [5.41, 5.74) is 1.73. The van der Waals surface area contributed by atoms with E-state index in [4.69, 9.17) is 11.6 Å². The molecule has 0 spiro atoms. The molecule has 3 rings (SSSR count). The summed E-state index contributed by atoms with van der Waals surface area (Å²) in [7, 11) is -2.51. The summed E-state index contributed by atoms with van der Waals surface area (Å²) in [6, 6.07) is 9.36. The number of imidazole rings is 1. The topological polar surface area (TPSA) is 113 Å². The Morgan fingerprint density at radius 3 is 2.50 bits per heavy atom. The maximum absolute atomic E-state index is 13.9. The molecule has 0 radical (unpaired) electrons. The summed E-state index contributed by atoms with van der Waals surface area (Å²) in [6.07, 6.45) is 5.30. The number of aromatic amines is 1. The summed E-state index contributed by atoms with van der Waals surface area (Å²) in [4.78, 5) is 18.4. The van der Waals surface area contributed by atoms with Crippen LogP contribution in [0.5, 0.6) is 0 Å². The molecule has 1 heterocycles. The van der Waals surface area contributed by atoms with Crippen molar-refractivity contribution in [2.45, 2.75) is 37.0 Å². The van der Waals surface area contributed by atoms with Gasteiger partial charge in [0.05, 0.1) is 28.5 Å². The van der Waals surface area contributed by atoms with Crippen LogP contribution in [0.25, 0.3) is 22.6 Å². The van der Waals surface area contributed by atoms with Gasteiger partial charge in [-0.15, -0.1) is 0 Å². The van der Waals surface area contributed by atoms with Crippen LogP contribution in [-0.4, -0.2) is 44.7 Å². The number of H-pyrrole nitrogens is 1. The van der Waals surface area contributed by atoms with E-state index in [1.807, 2.05) is 0 Å². The number of carbonyl (C=O) groups is 1. The Kier molecular flexibility index (Phi) is 10.3. The highest BCUT2D eigenvalue weighted by Crippen LogP contribution is 2.29. The summed E-state index contributed by atoms with van der Waals surface area (Å²) >= 11 is 9.34. The molecule has 3 aromatic rings. The zero-order chi connectivity index (χ0) is 26.1. The maximum atomic E-state index is 13.9. The van der Waals surface area contributed by atoms with Crippen LogP contribution in [0, 0.1) is 5.82 Å². The number of benzene rings is 2. The molecule has 0 unspecified atom stereocenters. The van der Waals surface area contributed by atoms with Gasteiger partial charge in [-0.1, -0.05) is 36.9 Å². The summed E-state index contributed by atoms with van der Waals surface area (Å²) in [6.45, 7) is 0.828. The number of sulfonamides is 1. The predicted molar refractivity (Wildman–Crippen MR) is 141 cm³/mol. The Bertz CT molecular complexity index is 1300. The highest BCUT2D eigenvalue weighted by Gasteiger charge is 2.19. The van der Waals surface area contributed by atoms with Crippen LogP contribution < -0.4 is 10.0 Å². The van der Waals surface area contributed by atoms with Gasteiger partial charge in [0.1, 0.15) is 16.5 Å². The number of unbranched alkanes of at least 4 members (excludes halogenated alkanes) is 4. The Balaban J connectivity index is 1.56. The number of nitrogens with one attached hydrogen (secondary N) is 3. The smallest absolute Gasteiger partial charge is 0.406 e. The van der Waals surface area contributed by atoms with Crippen LogP contribution in [-0.2, 0) is 14.8 Å². The Labute approximate surface area is 223 Å². The highest BCUT2D eigenvalue weighted by atomic mass is 79.9. The molecule has 0 saturated heterocycles. The van der Waals surface area contributed by atoms with Gasteiger partial charge in [0, 0.05) is 24.2 Å². The maximum Gasteiger partial charge on any atom is 0.406 e. The SMILES string of the molecule is COC(=O)NCCCCCCCNS(=O)(=O)c1cc(-c2ncc(-c3ccc(Br)c(F)c3)[nH]2)ccc1Cl. The molecule has 0 atom stereocenters. The molecule has 36 heavy (non-hydrogen) atoms. The van der Waals surface area contributed by atoms with Gasteiger partial charge in [-0.05, 0) is 59.1 Å². The molecule has 0 aliphatic rings. The Morgan fingerprint density at radius 1 is 1.08 bits per heavy atom. The number of nitrogens with zero attached hydrogens (tertiary/aromatic N) is 1. The van der Waals surface area contributed by atoms with Gasteiger partial charge in [-0.25, -0.2) is 27.3 Å². The van der Waals surface area contributed by atoms with Gasteiger partial charge in [0.25, 0.3) is 0 Å². The molecule has 1 amide bonds. The van der Waals surface area contributed by atoms with E-state index in [-0.39, 0.29) is 16.5 Å². The summed E-state index contributed by atoms with van der Waals surface area (Å²) < 4.78 is 47.1. The van der Waals surface area contributed by atoms with E-state index < -0.39 is 21.9 Å². The lowest BCUT2D eigenvalue weighted by Gasteiger charge is -2.10. The van der Waals surface area contributed by atoms with E-state index in [0.717, 1.165) is 25.7 Å². The largest absolute Gasteiger partial charge is 0.453 e. The minimum atomic E-state index is -3.83. The second-order valence-electron chi connectivity index (χ2n) is 8.00. The number of rotatable bonds is 12. The van der Waals surface area contributed by atoms with Crippen LogP contribution in [0.1, 0.15) is 32.1 Å². The van der Waals surface area contributed by atoms with Crippen molar-refractivity contribution in [3.05, 3.63) is 57.9 Å². The lowest BCUT2D eigenvalue weighted by atomic mass is 10.1. The van der Waals surface area contributed by atoms with Crippen molar-refractivity contribution >= 4 is 43.6 Å². The van der Waals surface area contributed by atoms with Gasteiger partial charge in [0.2, 0.25) is 10.0 Å². The minimum Gasteiger partial charge on any atom is -0.453 e. The lowest BCUT2D eigenvalue weighted by molar-refractivity contribution is 0.171. The minimum absolute atomic E-state index is 0.0387. The number of amides is 1. The van der Waals surface area contributed by atoms with E-state index >= 15 is 0 Å². The van der Waals surface area contributed by atoms with Crippen molar-refractivity contribution in [1.29, 1.82) is 0 Å². The zero-order valence-electron chi connectivity index (χ0n) is 19.6. The Hall–Kier alpha value is -2.47. The normalized spacial score (nSPS) is 11.4. The lowest BCUT2D eigenvalue weighted by Crippen LogP contribution is -2.25. The van der Waals surface area contributed by atoms with Crippen LogP contribution in [0.4, 0.5) is 9.18 Å². The molecule has 8 nitrogen and oxygen atoms in total. The van der Waals surface area contributed by atoms with Crippen LogP contribution in [0.15, 0.2) is 52.0 Å². The molecular weight excluding hydrogens is 575 g/mol. The first-order chi connectivity index (χ1) is 17.2. The van der Waals surface area contributed by atoms with E-state index in [9.17, 15) is 17.6 Å². The number of halogens is 3. The number of hydrogen-bond acceptors (Lipinski definition) is 5. The predicted octanol–water partition coefficient (Wildman–Crippen LogP) is 5.88. The third kappa shape index (κ3) is 7.76. The first kappa shape index (κ1) is 28.1. The molecule has 0 bridgehead atoms. The fourth-order valence-corrected chi connectivity index (χ4v) is 5.31. The van der Waals surface area contributed by atoms with Crippen molar-refractivity contribution in [1.82, 2.24) is 20.0 Å². The third-order valence-electron chi connectivity index (χ3n) is 5.40. The van der Waals surface area contributed by atoms with Gasteiger partial charge in [-0.3, -0.25) is 0 Å². The van der Waals surface area contributed by atoms with Crippen LogP contribution >= 0.6 is 27.5 Å². The van der Waals surface area contributed by atoms with Gasteiger partial charge in [-0.2, -0.15) is 0 Å². The summed E-state index contributed by atoms with van der Waals surface area (Å²) in [5, 5.41) is 2.72. The zero-order valence-corrected chi connectivity index (χ0v) is 22.8. The standard InChI is InChI=1S/C24H27BrClFN4O4S/c1-35-24(32)28-11-5-3-2-4-6-12-30-36(33,34)22-14-17(8-10-19(22)26)23-29-15-21(31-23)16-7-9-18(25)20(27)13-16/h7-10,13-15,30H,2-6,11-12H2,1H3,(H,28,32)(H,29,31). The number of methoxy groups -OCH3 is 1. The summed E-state index contributed by atoms with van der Waals surface area (Å²) in [5.74, 6) is 0.0355. The number of ether oxygens (including phenoxy) is 1. The molecule has 12 heteroatoms. The van der Waals surface area contributed by atoms with Crippen LogP contribution in [0.3, 0.4) is 0 Å². The molecule has 194 valence electrons. The molecule has 0 aliphatic heterocycles. The van der Waals surface area contributed by atoms with E-state index in [0.29, 0.717) is 40.1 Å². The average molecular weight is 602 g/mol. The van der Waals surface area contributed by atoms with E-state index in [2.05, 4.69) is 40.7 Å². The second-order valence-corrected chi connectivity index (χ2v) is 11.0. The molecule has 2 aromatic carbocycles. The van der Waals surface area contributed by atoms with Crippen molar-refractivity contribution in [2.75, 3.05) is 20.2 Å². The van der Waals surface area contributed by atoms with Crippen molar-refractivity contribution in [3.8, 4) is 22.6 Å². The molecule has 0 fully saturated rings. The number of hydrogen-bond donors (Lipinski definition) is 3. The van der Waals surface area contributed by atoms with Gasteiger partial charge < -0.3 is 15.0 Å². The fourth-order valence-electron chi connectivity index (χ4n) is 3.46. The van der Waals surface area contributed by atoms with E-state index in [1.54, 1.807) is 24.4 Å². The van der Waals surface area contributed by atoms with E-state index in [1.165, 1.54) is 25.3 Å². The number of alkyl carbamates (subject to hydrolysis) is 1. The number of carbonyl (C=O) groups excluding carboxylic acids is 1. The molecule has 0 aliphatic carbocycles. The third-order valence-corrected chi connectivity index (χ3v) is 7.99. The highest BCUT2D eigenvalue weighted by molar-refractivity contribution is 9.10. The van der Waals surface area contributed by atoms with Gasteiger partial charge >= 0.3 is 6.09 Å². The van der Waals surface area contributed by atoms with Crippen LogP contribution in [0.2, 0.25) is 5.02 Å². The molecule has 0 saturated carbocycles. The monoisotopic (exact) mass is 600 g/mol. The molecule has 1 aromatic heterocycles. The second kappa shape index (κ2) is 13.2.